The van der Waals surface area contributed by atoms with Gasteiger partial charge in [0.05, 0.1) is 12.2 Å². The number of fused-ring (bicyclic) bond motifs is 2. The number of benzene rings is 5. The molecular formula is C30H25NO5. The van der Waals surface area contributed by atoms with Gasteiger partial charge in [0.1, 0.15) is 0 Å². The Morgan fingerprint density at radius 1 is 0.778 bits per heavy atom. The van der Waals surface area contributed by atoms with Crippen molar-refractivity contribution in [2.45, 2.75) is 19.3 Å². The lowest BCUT2D eigenvalue weighted by molar-refractivity contribution is -0.137. The van der Waals surface area contributed by atoms with Gasteiger partial charge in [0, 0.05) is 23.6 Å². The third-order valence-electron chi connectivity index (χ3n) is 6.64. The predicted octanol–water partition coefficient (Wildman–Crippen LogP) is 6.06. The van der Waals surface area contributed by atoms with Gasteiger partial charge in [-0.05, 0) is 69.1 Å². The number of amides is 1. The normalized spacial score (nSPS) is 11.3. The van der Waals surface area contributed by atoms with E-state index in [4.69, 9.17) is 4.74 Å². The molecule has 0 bridgehead atoms. The molecule has 1 amide bonds. The van der Waals surface area contributed by atoms with E-state index in [0.29, 0.717) is 36.9 Å². The van der Waals surface area contributed by atoms with Crippen molar-refractivity contribution < 1.29 is 24.2 Å². The van der Waals surface area contributed by atoms with Crippen LogP contribution in [0.15, 0.2) is 73.3 Å². The van der Waals surface area contributed by atoms with Gasteiger partial charge in [-0.3, -0.25) is 4.79 Å². The maximum Gasteiger partial charge on any atom is 0.336 e. The molecular weight excluding hydrogens is 454 g/mol. The molecule has 0 aliphatic rings. The molecule has 0 atom stereocenters. The number of unbranched alkanes of at least 4 members (excludes halogenated alkanes) is 2. The first-order valence-electron chi connectivity index (χ1n) is 11.9. The van der Waals surface area contributed by atoms with Gasteiger partial charge < -0.3 is 15.2 Å². The summed E-state index contributed by atoms with van der Waals surface area (Å²) in [6.07, 6.45) is 3.30. The minimum Gasteiger partial charge on any atom is -0.478 e. The summed E-state index contributed by atoms with van der Waals surface area (Å²) in [5.41, 5.74) is 0.454. The zero-order valence-electron chi connectivity index (χ0n) is 19.7. The topological polar surface area (TPSA) is 92.7 Å². The molecule has 5 aromatic rings. The third kappa shape index (κ3) is 4.01. The predicted molar refractivity (Wildman–Crippen MR) is 142 cm³/mol. The van der Waals surface area contributed by atoms with Gasteiger partial charge in [0.15, 0.2) is 0 Å². The molecule has 0 aliphatic heterocycles. The van der Waals surface area contributed by atoms with Crippen LogP contribution in [0.25, 0.3) is 43.1 Å². The summed E-state index contributed by atoms with van der Waals surface area (Å²) in [5, 5.41) is 20.3. The summed E-state index contributed by atoms with van der Waals surface area (Å²) in [5.74, 6) is -1.82. The van der Waals surface area contributed by atoms with E-state index in [0.717, 1.165) is 50.2 Å². The molecule has 6 nitrogen and oxygen atoms in total. The van der Waals surface area contributed by atoms with Gasteiger partial charge in [-0.2, -0.15) is 0 Å². The van der Waals surface area contributed by atoms with Gasteiger partial charge in [0.25, 0.3) is 5.91 Å². The second-order valence-corrected chi connectivity index (χ2v) is 8.77. The Labute approximate surface area is 207 Å². The highest BCUT2D eigenvalue weighted by Gasteiger charge is 2.22. The minimum absolute atomic E-state index is 0.108. The van der Waals surface area contributed by atoms with E-state index in [9.17, 15) is 19.5 Å². The number of ether oxygens (including phenoxy) is 1. The van der Waals surface area contributed by atoms with Gasteiger partial charge >= 0.3 is 11.9 Å². The second kappa shape index (κ2) is 9.66. The van der Waals surface area contributed by atoms with Crippen LogP contribution >= 0.6 is 0 Å². The van der Waals surface area contributed by atoms with Crippen LogP contribution in [0, 0.1) is 0 Å². The average molecular weight is 480 g/mol. The van der Waals surface area contributed by atoms with Crippen molar-refractivity contribution in [2.24, 2.45) is 0 Å². The van der Waals surface area contributed by atoms with Crippen LogP contribution in [0.1, 0.15) is 40.0 Å². The first-order valence-corrected chi connectivity index (χ1v) is 11.9. The molecule has 0 saturated carbocycles. The molecule has 0 saturated heterocycles. The Morgan fingerprint density at radius 3 is 2.06 bits per heavy atom. The summed E-state index contributed by atoms with van der Waals surface area (Å²) in [4.78, 5) is 36.5. The fourth-order valence-corrected chi connectivity index (χ4v) is 5.03. The molecule has 0 unspecified atom stereocenters. The Morgan fingerprint density at radius 2 is 1.42 bits per heavy atom. The second-order valence-electron chi connectivity index (χ2n) is 8.77. The third-order valence-corrected chi connectivity index (χ3v) is 6.64. The Kier molecular flexibility index (Phi) is 6.25. The first kappa shape index (κ1) is 23.3. The highest BCUT2D eigenvalue weighted by Crippen LogP contribution is 2.42. The van der Waals surface area contributed by atoms with E-state index in [2.05, 4.69) is 24.0 Å². The highest BCUT2D eigenvalue weighted by atomic mass is 16.5. The number of rotatable bonds is 9. The maximum atomic E-state index is 13.2. The maximum absolute atomic E-state index is 13.2. The van der Waals surface area contributed by atoms with Gasteiger partial charge in [-0.15, -0.1) is 0 Å². The zero-order chi connectivity index (χ0) is 25.2. The molecule has 5 rings (SSSR count). The standard InChI is InChI=1S/C30H25NO5/c1-2-25(32)36-17-5-3-4-16-31-29(33)23-14-12-21-19-10-6-8-18-9-7-11-20(26(18)19)22-13-15-24(30(34)35)28(23)27(21)22/h2,6-15H,1,3-5,16-17H2,(H,31,33)(H,34,35). The number of carbonyl (C=O) groups is 3. The van der Waals surface area contributed by atoms with E-state index in [-0.39, 0.29) is 11.5 Å². The van der Waals surface area contributed by atoms with Crippen molar-refractivity contribution in [3.05, 3.63) is 84.4 Å². The molecule has 0 radical (unpaired) electrons. The Bertz CT molecular complexity index is 1600. The Balaban J connectivity index is 1.51. The molecule has 0 aromatic heterocycles. The summed E-state index contributed by atoms with van der Waals surface area (Å²) >= 11 is 0. The van der Waals surface area contributed by atoms with Crippen LogP contribution < -0.4 is 5.32 Å². The summed E-state index contributed by atoms with van der Waals surface area (Å²) < 4.78 is 4.96. The lowest BCUT2D eigenvalue weighted by Gasteiger charge is -2.17. The van der Waals surface area contributed by atoms with E-state index >= 15 is 0 Å². The number of carboxylic acids is 1. The van der Waals surface area contributed by atoms with Gasteiger partial charge in [-0.25, -0.2) is 9.59 Å². The molecule has 5 aromatic carbocycles. The summed E-state index contributed by atoms with van der Waals surface area (Å²) in [7, 11) is 0. The van der Waals surface area contributed by atoms with Crippen molar-refractivity contribution in [3.63, 3.8) is 0 Å². The van der Waals surface area contributed by atoms with Crippen LogP contribution in [0.2, 0.25) is 0 Å². The van der Waals surface area contributed by atoms with E-state index < -0.39 is 11.9 Å². The molecule has 36 heavy (non-hydrogen) atoms. The fourth-order valence-electron chi connectivity index (χ4n) is 5.03. The van der Waals surface area contributed by atoms with Crippen molar-refractivity contribution >= 4 is 60.9 Å². The molecule has 6 heteroatoms. The largest absolute Gasteiger partial charge is 0.478 e. The number of aromatic carboxylic acids is 1. The number of hydrogen-bond donors (Lipinski definition) is 2. The van der Waals surface area contributed by atoms with Crippen molar-refractivity contribution in [3.8, 4) is 0 Å². The van der Waals surface area contributed by atoms with E-state index in [1.54, 1.807) is 12.1 Å². The first-order chi connectivity index (χ1) is 17.5. The SMILES string of the molecule is C=CC(=O)OCCCCCNC(=O)c1ccc2c3cccc4cccc(c5ccc(C(=O)O)c1c52)c43. The zero-order valence-corrected chi connectivity index (χ0v) is 19.7. The van der Waals surface area contributed by atoms with Crippen molar-refractivity contribution in [1.29, 1.82) is 0 Å². The number of esters is 1. The average Bonchev–Trinajstić information content (AvgIpc) is 2.90. The quantitative estimate of drug-likeness (QED) is 0.0881. The molecule has 0 heterocycles. The Hall–Kier alpha value is -4.45. The lowest BCUT2D eigenvalue weighted by Crippen LogP contribution is -2.25. The number of hydrogen-bond acceptors (Lipinski definition) is 4. The smallest absolute Gasteiger partial charge is 0.336 e. The summed E-state index contributed by atoms with van der Waals surface area (Å²) in [6, 6.07) is 19.3. The van der Waals surface area contributed by atoms with E-state index in [1.807, 2.05) is 36.4 Å². The molecule has 0 spiro atoms. The van der Waals surface area contributed by atoms with Crippen LogP contribution in [-0.2, 0) is 9.53 Å². The van der Waals surface area contributed by atoms with E-state index in [1.165, 1.54) is 0 Å². The van der Waals surface area contributed by atoms with Crippen LogP contribution in [-0.4, -0.2) is 36.1 Å². The number of carbonyl (C=O) groups excluding carboxylic acids is 2. The van der Waals surface area contributed by atoms with Gasteiger partial charge in [0.2, 0.25) is 0 Å². The molecule has 0 fully saturated rings. The van der Waals surface area contributed by atoms with Gasteiger partial charge in [-0.1, -0.05) is 55.1 Å². The highest BCUT2D eigenvalue weighted by molar-refractivity contribution is 6.36. The molecule has 180 valence electrons. The fraction of sp³-hybridized carbons (Fsp3) is 0.167. The molecule has 0 aliphatic carbocycles. The van der Waals surface area contributed by atoms with Crippen LogP contribution in [0.4, 0.5) is 0 Å². The minimum atomic E-state index is -1.07. The number of nitrogens with one attached hydrogen (secondary N) is 1. The number of carboxylic acid groups (broad SMARTS) is 1. The van der Waals surface area contributed by atoms with Crippen LogP contribution in [0.5, 0.6) is 0 Å². The van der Waals surface area contributed by atoms with Crippen LogP contribution in [0.3, 0.4) is 0 Å². The van der Waals surface area contributed by atoms with Crippen molar-refractivity contribution in [2.75, 3.05) is 13.2 Å². The molecule has 2 N–H and O–H groups in total. The lowest BCUT2D eigenvalue weighted by atomic mass is 9.86. The monoisotopic (exact) mass is 479 g/mol. The summed E-state index contributed by atoms with van der Waals surface area (Å²) in [6.45, 7) is 4.10. The van der Waals surface area contributed by atoms with Crippen molar-refractivity contribution in [1.82, 2.24) is 5.32 Å².